The number of carboxylic acid groups (broad SMARTS) is 1. The Labute approximate surface area is 194 Å². The topological polar surface area (TPSA) is 107 Å². The third-order valence-corrected chi connectivity index (χ3v) is 6.50. The molecule has 1 aromatic rings. The molecule has 0 saturated carbocycles. The fourth-order valence-corrected chi connectivity index (χ4v) is 4.81. The van der Waals surface area contributed by atoms with E-state index < -0.39 is 11.6 Å². The second-order valence-corrected chi connectivity index (χ2v) is 9.56. The van der Waals surface area contributed by atoms with Gasteiger partial charge in [-0.15, -0.1) is 0 Å². The number of nitrogens with zero attached hydrogens (tertiary/aromatic N) is 4. The molecule has 180 valence electrons. The van der Waals surface area contributed by atoms with Gasteiger partial charge in [0.1, 0.15) is 6.10 Å². The SMILES string of the molecule is CC1CN(N=Cc2ccc(C3=NOC(CC4(O)CCN(CC(=O)O)CC4)C3)cc2)CC(C)O1. The van der Waals surface area contributed by atoms with E-state index in [0.717, 1.165) is 29.9 Å². The highest BCUT2D eigenvalue weighted by Gasteiger charge is 2.37. The van der Waals surface area contributed by atoms with Gasteiger partial charge in [0.2, 0.25) is 0 Å². The highest BCUT2D eigenvalue weighted by atomic mass is 16.6. The first kappa shape index (κ1) is 23.7. The minimum atomic E-state index is -0.834. The van der Waals surface area contributed by atoms with Crippen molar-refractivity contribution in [1.82, 2.24) is 9.91 Å². The van der Waals surface area contributed by atoms with E-state index in [0.29, 0.717) is 38.8 Å². The molecular formula is C24H34N4O5. The molecule has 33 heavy (non-hydrogen) atoms. The van der Waals surface area contributed by atoms with Crippen LogP contribution in [0.1, 0.15) is 50.7 Å². The van der Waals surface area contributed by atoms with Crippen molar-refractivity contribution < 1.29 is 24.6 Å². The molecule has 3 heterocycles. The van der Waals surface area contributed by atoms with Crippen LogP contribution in [-0.2, 0) is 14.4 Å². The Morgan fingerprint density at radius 3 is 2.52 bits per heavy atom. The van der Waals surface area contributed by atoms with Gasteiger partial charge in [-0.05, 0) is 37.8 Å². The summed E-state index contributed by atoms with van der Waals surface area (Å²) in [7, 11) is 0. The van der Waals surface area contributed by atoms with Crippen LogP contribution in [0.4, 0.5) is 0 Å². The van der Waals surface area contributed by atoms with Crippen LogP contribution < -0.4 is 0 Å². The van der Waals surface area contributed by atoms with E-state index in [-0.39, 0.29) is 24.9 Å². The van der Waals surface area contributed by atoms with E-state index in [4.69, 9.17) is 14.7 Å². The van der Waals surface area contributed by atoms with E-state index in [9.17, 15) is 9.90 Å². The molecule has 9 nitrogen and oxygen atoms in total. The first-order valence-corrected chi connectivity index (χ1v) is 11.7. The minimum absolute atomic E-state index is 0.0225. The predicted molar refractivity (Wildman–Crippen MR) is 125 cm³/mol. The lowest BCUT2D eigenvalue weighted by Gasteiger charge is -2.38. The summed E-state index contributed by atoms with van der Waals surface area (Å²) in [6, 6.07) is 8.09. The Balaban J connectivity index is 1.26. The number of aliphatic hydroxyl groups is 1. The van der Waals surface area contributed by atoms with Crippen molar-refractivity contribution in [3.05, 3.63) is 35.4 Å². The van der Waals surface area contributed by atoms with Crippen molar-refractivity contribution in [1.29, 1.82) is 0 Å². The Hall–Kier alpha value is -2.49. The lowest BCUT2D eigenvalue weighted by Crippen LogP contribution is -2.47. The second-order valence-electron chi connectivity index (χ2n) is 9.56. The van der Waals surface area contributed by atoms with Gasteiger partial charge in [-0.3, -0.25) is 14.7 Å². The number of hydrogen-bond acceptors (Lipinski definition) is 8. The molecule has 3 aliphatic heterocycles. The monoisotopic (exact) mass is 458 g/mol. The average Bonchev–Trinajstić information content (AvgIpc) is 3.21. The maximum Gasteiger partial charge on any atom is 0.317 e. The number of hydrazone groups is 1. The summed E-state index contributed by atoms with van der Waals surface area (Å²) in [4.78, 5) is 18.4. The lowest BCUT2D eigenvalue weighted by molar-refractivity contribution is -0.140. The first-order valence-electron chi connectivity index (χ1n) is 11.7. The highest BCUT2D eigenvalue weighted by molar-refractivity contribution is 6.01. The largest absolute Gasteiger partial charge is 0.480 e. The van der Waals surface area contributed by atoms with E-state index in [1.54, 1.807) is 0 Å². The molecule has 2 N–H and O–H groups in total. The summed E-state index contributed by atoms with van der Waals surface area (Å²) in [5.41, 5.74) is 2.07. The molecule has 0 aromatic heterocycles. The number of oxime groups is 1. The molecule has 2 saturated heterocycles. The minimum Gasteiger partial charge on any atom is -0.480 e. The number of carbonyl (C=O) groups is 1. The number of rotatable bonds is 7. The van der Waals surface area contributed by atoms with Crippen LogP contribution in [0.5, 0.6) is 0 Å². The van der Waals surface area contributed by atoms with Gasteiger partial charge in [-0.1, -0.05) is 29.4 Å². The number of likely N-dealkylation sites (tertiary alicyclic amines) is 1. The summed E-state index contributed by atoms with van der Waals surface area (Å²) in [5, 5.41) is 30.8. The molecule has 3 unspecified atom stereocenters. The lowest BCUT2D eigenvalue weighted by atomic mass is 9.84. The molecule has 0 bridgehead atoms. The molecule has 2 fully saturated rings. The number of benzene rings is 1. The Kier molecular flexibility index (Phi) is 7.31. The van der Waals surface area contributed by atoms with Crippen LogP contribution >= 0.6 is 0 Å². The summed E-state index contributed by atoms with van der Waals surface area (Å²) < 4.78 is 5.74. The van der Waals surface area contributed by atoms with Gasteiger partial charge >= 0.3 is 5.97 Å². The number of ether oxygens (including phenoxy) is 1. The van der Waals surface area contributed by atoms with Crippen LogP contribution in [0.25, 0.3) is 0 Å². The molecule has 0 spiro atoms. The van der Waals surface area contributed by atoms with E-state index >= 15 is 0 Å². The zero-order valence-corrected chi connectivity index (χ0v) is 19.4. The fourth-order valence-electron chi connectivity index (χ4n) is 4.81. The smallest absolute Gasteiger partial charge is 0.317 e. The highest BCUT2D eigenvalue weighted by Crippen LogP contribution is 2.31. The maximum absolute atomic E-state index is 10.9. The van der Waals surface area contributed by atoms with Crippen molar-refractivity contribution in [3.63, 3.8) is 0 Å². The number of hydrogen-bond donors (Lipinski definition) is 2. The van der Waals surface area contributed by atoms with Crippen molar-refractivity contribution in [2.24, 2.45) is 10.3 Å². The van der Waals surface area contributed by atoms with Gasteiger partial charge in [0.15, 0.2) is 0 Å². The number of piperidine rings is 1. The molecule has 3 atom stereocenters. The molecule has 0 amide bonds. The van der Waals surface area contributed by atoms with Gasteiger partial charge in [0, 0.05) is 25.9 Å². The average molecular weight is 459 g/mol. The zero-order chi connectivity index (χ0) is 23.4. The van der Waals surface area contributed by atoms with Gasteiger partial charge in [-0.25, -0.2) is 0 Å². The zero-order valence-electron chi connectivity index (χ0n) is 19.4. The van der Waals surface area contributed by atoms with Gasteiger partial charge < -0.3 is 19.8 Å². The van der Waals surface area contributed by atoms with Gasteiger partial charge in [0.05, 0.1) is 49.4 Å². The van der Waals surface area contributed by atoms with Crippen LogP contribution in [-0.4, -0.2) is 94.7 Å². The van der Waals surface area contributed by atoms with Crippen molar-refractivity contribution in [3.8, 4) is 0 Å². The third kappa shape index (κ3) is 6.52. The summed E-state index contributed by atoms with van der Waals surface area (Å²) >= 11 is 0. The Bertz CT molecular complexity index is 869. The van der Waals surface area contributed by atoms with Gasteiger partial charge in [0.25, 0.3) is 0 Å². The molecule has 0 aliphatic carbocycles. The van der Waals surface area contributed by atoms with Crippen LogP contribution in [0.3, 0.4) is 0 Å². The van der Waals surface area contributed by atoms with Crippen molar-refractivity contribution in [2.75, 3.05) is 32.7 Å². The number of morpholine rings is 1. The van der Waals surface area contributed by atoms with Crippen LogP contribution in [0.15, 0.2) is 34.5 Å². The molecule has 9 heteroatoms. The number of aliphatic carboxylic acids is 1. The first-order chi connectivity index (χ1) is 15.8. The van der Waals surface area contributed by atoms with Crippen molar-refractivity contribution >= 4 is 17.9 Å². The van der Waals surface area contributed by atoms with E-state index in [1.165, 1.54) is 0 Å². The Morgan fingerprint density at radius 2 is 1.88 bits per heavy atom. The predicted octanol–water partition coefficient (Wildman–Crippen LogP) is 1.92. The van der Waals surface area contributed by atoms with E-state index in [2.05, 4.69) is 24.1 Å². The van der Waals surface area contributed by atoms with Crippen LogP contribution in [0, 0.1) is 0 Å². The standard InChI is InChI=1S/C24H34N4O5/c1-17-14-28(15-18(2)32-17)25-13-19-3-5-20(6-4-19)22-11-21(33-26-22)12-24(31)7-9-27(10-8-24)16-23(29)30/h3-6,13,17-18,21,31H,7-12,14-16H2,1-2H3,(H,29,30). The fraction of sp³-hybridized carbons (Fsp3) is 0.625. The van der Waals surface area contributed by atoms with Gasteiger partial charge in [-0.2, -0.15) is 5.10 Å². The summed E-state index contributed by atoms with van der Waals surface area (Å²) in [6.07, 6.45) is 4.31. The number of carboxylic acids is 1. The molecule has 3 aliphatic rings. The normalized spacial score (nSPS) is 28.0. The molecule has 4 rings (SSSR count). The van der Waals surface area contributed by atoms with Crippen molar-refractivity contribution in [2.45, 2.75) is 63.4 Å². The summed E-state index contributed by atoms with van der Waals surface area (Å²) in [6.45, 7) is 6.88. The molecule has 0 radical (unpaired) electrons. The van der Waals surface area contributed by atoms with Crippen LogP contribution in [0.2, 0.25) is 0 Å². The Morgan fingerprint density at radius 1 is 1.21 bits per heavy atom. The summed E-state index contributed by atoms with van der Waals surface area (Å²) in [5.74, 6) is -0.833. The quantitative estimate of drug-likeness (QED) is 0.601. The van der Waals surface area contributed by atoms with E-state index in [1.807, 2.05) is 40.4 Å². The second kappa shape index (κ2) is 10.2. The molecule has 1 aromatic carbocycles. The third-order valence-electron chi connectivity index (χ3n) is 6.50. The molecular weight excluding hydrogens is 424 g/mol. The maximum atomic E-state index is 10.9.